The lowest BCUT2D eigenvalue weighted by Gasteiger charge is -2.08. The average molecular weight is 314 g/mol. The molecule has 0 aliphatic rings. The van der Waals surface area contributed by atoms with Crippen LogP contribution in [0.15, 0.2) is 47.6 Å². The average Bonchev–Trinajstić information content (AvgIpc) is 2.59. The number of rotatable bonds is 5. The number of benzene rings is 2. The van der Waals surface area contributed by atoms with Crippen molar-refractivity contribution >= 4 is 11.8 Å². The van der Waals surface area contributed by atoms with Crippen molar-refractivity contribution in [2.45, 2.75) is 6.92 Å². The van der Waals surface area contributed by atoms with Crippen LogP contribution >= 0.6 is 0 Å². The van der Waals surface area contributed by atoms with E-state index in [4.69, 9.17) is 20.0 Å². The van der Waals surface area contributed by atoms with Crippen LogP contribution in [0.25, 0.3) is 0 Å². The van der Waals surface area contributed by atoms with Crippen LogP contribution in [0.1, 0.15) is 21.5 Å². The Bertz CT molecular complexity index is 741. The van der Waals surface area contributed by atoms with Crippen LogP contribution in [0, 0.1) is 6.92 Å². The standard InChI is InChI=1S/C17H18N2O4/c1-11-6-4-5-7-13(11)16(18)19-23-17(20)12-8-9-14(21-2)15(10-12)22-3/h4-10H,1-3H3,(H2,18,19). The molecule has 0 saturated carbocycles. The summed E-state index contributed by atoms with van der Waals surface area (Å²) >= 11 is 0. The van der Waals surface area contributed by atoms with E-state index in [0.717, 1.165) is 5.56 Å². The molecule has 0 saturated heterocycles. The smallest absolute Gasteiger partial charge is 0.365 e. The van der Waals surface area contributed by atoms with Crippen LogP contribution < -0.4 is 15.2 Å². The van der Waals surface area contributed by atoms with Gasteiger partial charge in [0.25, 0.3) is 0 Å². The number of aryl methyl sites for hydroxylation is 1. The first-order valence-electron chi connectivity index (χ1n) is 6.89. The van der Waals surface area contributed by atoms with Gasteiger partial charge < -0.3 is 20.0 Å². The lowest BCUT2D eigenvalue weighted by molar-refractivity contribution is 0.0515. The third kappa shape index (κ3) is 3.79. The molecule has 0 unspecified atom stereocenters. The van der Waals surface area contributed by atoms with Crippen molar-refractivity contribution in [3.05, 3.63) is 59.2 Å². The maximum absolute atomic E-state index is 12.1. The summed E-state index contributed by atoms with van der Waals surface area (Å²) in [6.07, 6.45) is 0. The van der Waals surface area contributed by atoms with Crippen LogP contribution in [-0.4, -0.2) is 26.0 Å². The molecule has 0 spiro atoms. The van der Waals surface area contributed by atoms with Gasteiger partial charge in [-0.15, -0.1) is 0 Å². The minimum atomic E-state index is -0.637. The fraction of sp³-hybridized carbons (Fsp3) is 0.176. The molecule has 120 valence electrons. The summed E-state index contributed by atoms with van der Waals surface area (Å²) in [6.45, 7) is 1.90. The van der Waals surface area contributed by atoms with Crippen molar-refractivity contribution in [1.29, 1.82) is 0 Å². The monoisotopic (exact) mass is 314 g/mol. The minimum absolute atomic E-state index is 0.136. The Hall–Kier alpha value is -3.02. The summed E-state index contributed by atoms with van der Waals surface area (Å²) in [7, 11) is 3.00. The van der Waals surface area contributed by atoms with E-state index in [1.807, 2.05) is 25.1 Å². The van der Waals surface area contributed by atoms with Crippen LogP contribution in [0.5, 0.6) is 11.5 Å². The molecule has 0 aliphatic heterocycles. The second kappa shape index (κ2) is 7.31. The Morgan fingerprint density at radius 3 is 2.39 bits per heavy atom. The Labute approximate surface area is 134 Å². The Morgan fingerprint density at radius 1 is 1.04 bits per heavy atom. The Kier molecular flexibility index (Phi) is 5.19. The van der Waals surface area contributed by atoms with E-state index in [2.05, 4.69) is 5.16 Å². The number of nitrogens with two attached hydrogens (primary N) is 1. The molecular weight excluding hydrogens is 296 g/mol. The van der Waals surface area contributed by atoms with Crippen molar-refractivity contribution in [2.75, 3.05) is 14.2 Å². The molecular formula is C17H18N2O4. The van der Waals surface area contributed by atoms with Crippen LogP contribution in [-0.2, 0) is 4.84 Å². The van der Waals surface area contributed by atoms with E-state index in [0.29, 0.717) is 17.1 Å². The molecule has 23 heavy (non-hydrogen) atoms. The lowest BCUT2D eigenvalue weighted by Crippen LogP contribution is -2.16. The third-order valence-electron chi connectivity index (χ3n) is 3.27. The van der Waals surface area contributed by atoms with Crippen LogP contribution in [0.2, 0.25) is 0 Å². The van der Waals surface area contributed by atoms with E-state index < -0.39 is 5.97 Å². The number of ether oxygens (including phenoxy) is 2. The van der Waals surface area contributed by atoms with Gasteiger partial charge in [-0.2, -0.15) is 0 Å². The maximum Gasteiger partial charge on any atom is 0.365 e. The van der Waals surface area contributed by atoms with Crippen LogP contribution in [0.4, 0.5) is 0 Å². The van der Waals surface area contributed by atoms with Crippen LogP contribution in [0.3, 0.4) is 0 Å². The highest BCUT2D eigenvalue weighted by Gasteiger charge is 2.13. The summed E-state index contributed by atoms with van der Waals surface area (Å²) in [5.41, 5.74) is 7.79. The number of methoxy groups -OCH3 is 2. The Balaban J connectivity index is 2.16. The zero-order valence-corrected chi connectivity index (χ0v) is 13.2. The molecule has 0 aliphatic carbocycles. The molecule has 0 atom stereocenters. The number of hydrogen-bond donors (Lipinski definition) is 1. The zero-order chi connectivity index (χ0) is 16.8. The van der Waals surface area contributed by atoms with E-state index >= 15 is 0 Å². The number of hydrogen-bond acceptors (Lipinski definition) is 5. The van der Waals surface area contributed by atoms with Crippen molar-refractivity contribution in [1.82, 2.24) is 0 Å². The SMILES string of the molecule is COc1ccc(C(=O)ON=C(N)c2ccccc2C)cc1OC. The van der Waals surface area contributed by atoms with Gasteiger partial charge in [-0.05, 0) is 30.7 Å². The fourth-order valence-electron chi connectivity index (χ4n) is 2.02. The summed E-state index contributed by atoms with van der Waals surface area (Å²) in [6, 6.07) is 12.1. The van der Waals surface area contributed by atoms with Gasteiger partial charge in [0.2, 0.25) is 0 Å². The first kappa shape index (κ1) is 16.4. The zero-order valence-electron chi connectivity index (χ0n) is 13.2. The van der Waals surface area contributed by atoms with E-state index in [9.17, 15) is 4.79 Å². The van der Waals surface area contributed by atoms with Gasteiger partial charge in [-0.1, -0.05) is 29.4 Å². The van der Waals surface area contributed by atoms with Crippen molar-refractivity contribution in [3.8, 4) is 11.5 Å². The molecule has 2 aromatic carbocycles. The van der Waals surface area contributed by atoms with Gasteiger partial charge in [0, 0.05) is 5.56 Å². The molecule has 0 aromatic heterocycles. The first-order chi connectivity index (χ1) is 11.1. The summed E-state index contributed by atoms with van der Waals surface area (Å²) in [5, 5.41) is 3.70. The maximum atomic E-state index is 12.1. The van der Waals surface area contributed by atoms with Crippen molar-refractivity contribution < 1.29 is 19.1 Å². The van der Waals surface area contributed by atoms with E-state index in [1.165, 1.54) is 20.3 Å². The Morgan fingerprint density at radius 2 is 1.74 bits per heavy atom. The van der Waals surface area contributed by atoms with Gasteiger partial charge in [0.05, 0.1) is 19.8 Å². The van der Waals surface area contributed by atoms with E-state index in [1.54, 1.807) is 18.2 Å². The van der Waals surface area contributed by atoms with Gasteiger partial charge in [-0.25, -0.2) is 4.79 Å². The molecule has 0 amide bonds. The number of nitrogens with zero attached hydrogens (tertiary/aromatic N) is 1. The quantitative estimate of drug-likeness (QED) is 0.397. The summed E-state index contributed by atoms with van der Waals surface area (Å²) in [5.74, 6) is 0.448. The third-order valence-corrected chi connectivity index (χ3v) is 3.27. The molecule has 0 bridgehead atoms. The number of carbonyl (C=O) groups is 1. The highest BCUT2D eigenvalue weighted by atomic mass is 16.7. The fourth-order valence-corrected chi connectivity index (χ4v) is 2.02. The molecule has 0 radical (unpaired) electrons. The lowest BCUT2D eigenvalue weighted by atomic mass is 10.1. The molecule has 6 heteroatoms. The van der Waals surface area contributed by atoms with Gasteiger partial charge in [-0.3, -0.25) is 0 Å². The predicted molar refractivity (Wildman–Crippen MR) is 86.9 cm³/mol. The molecule has 2 N–H and O–H groups in total. The van der Waals surface area contributed by atoms with Crippen molar-refractivity contribution in [3.63, 3.8) is 0 Å². The highest BCUT2D eigenvalue weighted by Crippen LogP contribution is 2.27. The summed E-state index contributed by atoms with van der Waals surface area (Å²) < 4.78 is 10.3. The van der Waals surface area contributed by atoms with Gasteiger partial charge in [0.15, 0.2) is 17.3 Å². The number of oxime groups is 1. The molecule has 0 heterocycles. The normalized spacial score (nSPS) is 11.0. The molecule has 2 rings (SSSR count). The second-order valence-corrected chi connectivity index (χ2v) is 4.74. The minimum Gasteiger partial charge on any atom is -0.493 e. The predicted octanol–water partition coefficient (Wildman–Crippen LogP) is 2.49. The topological polar surface area (TPSA) is 83.1 Å². The molecule has 2 aromatic rings. The highest BCUT2D eigenvalue weighted by molar-refractivity contribution is 5.99. The largest absolute Gasteiger partial charge is 0.493 e. The molecule has 6 nitrogen and oxygen atoms in total. The summed E-state index contributed by atoms with van der Waals surface area (Å²) in [4.78, 5) is 17.0. The first-order valence-corrected chi connectivity index (χ1v) is 6.89. The van der Waals surface area contributed by atoms with Gasteiger partial charge in [0.1, 0.15) is 0 Å². The second-order valence-electron chi connectivity index (χ2n) is 4.74. The van der Waals surface area contributed by atoms with E-state index in [-0.39, 0.29) is 11.4 Å². The van der Waals surface area contributed by atoms with Crippen molar-refractivity contribution in [2.24, 2.45) is 10.9 Å². The number of carbonyl (C=O) groups excluding carboxylic acids is 1. The van der Waals surface area contributed by atoms with Gasteiger partial charge >= 0.3 is 5.97 Å². The number of amidine groups is 1. The molecule has 0 fully saturated rings.